The Kier molecular flexibility index (Phi) is 5.91. The molecule has 0 aliphatic carbocycles. The molecule has 3 rings (SSSR count). The molecule has 2 aromatic carbocycles. The summed E-state index contributed by atoms with van der Waals surface area (Å²) in [6.07, 6.45) is 4.79. The van der Waals surface area contributed by atoms with E-state index in [9.17, 15) is 4.79 Å². The van der Waals surface area contributed by atoms with E-state index in [0.717, 1.165) is 10.9 Å². The van der Waals surface area contributed by atoms with Crippen LogP contribution in [-0.2, 0) is 6.42 Å². The lowest BCUT2D eigenvalue weighted by Gasteiger charge is -2.28. The molecule has 1 heterocycles. The monoisotopic (exact) mass is 386 g/mol. The number of carbonyl (C=O) groups is 1. The van der Waals surface area contributed by atoms with Crippen LogP contribution in [0.5, 0.6) is 0 Å². The molecular formula is C20H23BrN2O. The maximum Gasteiger partial charge on any atom is 0.252 e. The molecule has 1 amide bonds. The molecule has 0 unspecified atom stereocenters. The third-order valence-electron chi connectivity index (χ3n) is 4.48. The van der Waals surface area contributed by atoms with Gasteiger partial charge in [0.1, 0.15) is 0 Å². The molecule has 0 spiro atoms. The average molecular weight is 387 g/mol. The van der Waals surface area contributed by atoms with Crippen LogP contribution in [0.3, 0.4) is 0 Å². The van der Waals surface area contributed by atoms with Crippen molar-refractivity contribution >= 4 is 27.5 Å². The summed E-state index contributed by atoms with van der Waals surface area (Å²) >= 11 is 3.41. The number of nitrogens with zero attached hydrogens (tertiary/aromatic N) is 1. The summed E-state index contributed by atoms with van der Waals surface area (Å²) in [7, 11) is 0. The molecule has 1 aliphatic rings. The highest BCUT2D eigenvalue weighted by molar-refractivity contribution is 9.10. The van der Waals surface area contributed by atoms with Crippen LogP contribution in [0.2, 0.25) is 0 Å². The van der Waals surface area contributed by atoms with E-state index in [4.69, 9.17) is 0 Å². The molecule has 24 heavy (non-hydrogen) atoms. The molecule has 126 valence electrons. The minimum absolute atomic E-state index is 0.0348. The number of rotatable bonds is 5. The van der Waals surface area contributed by atoms with Gasteiger partial charge < -0.3 is 10.2 Å². The number of piperidine rings is 1. The molecule has 0 aromatic heterocycles. The Morgan fingerprint density at radius 2 is 1.71 bits per heavy atom. The number of carbonyl (C=O) groups excluding carboxylic acids is 1. The molecule has 0 saturated carbocycles. The molecule has 1 saturated heterocycles. The lowest BCUT2D eigenvalue weighted by molar-refractivity contribution is 0.0953. The molecule has 1 N–H and O–H groups in total. The van der Waals surface area contributed by atoms with Crippen molar-refractivity contribution in [3.63, 3.8) is 0 Å². The van der Waals surface area contributed by atoms with Crippen LogP contribution in [0, 0.1) is 0 Å². The summed E-state index contributed by atoms with van der Waals surface area (Å²) in [6, 6.07) is 16.3. The van der Waals surface area contributed by atoms with Crippen molar-refractivity contribution in [1.29, 1.82) is 0 Å². The Morgan fingerprint density at radius 3 is 2.42 bits per heavy atom. The highest BCUT2D eigenvalue weighted by Gasteiger charge is 2.11. The smallest absolute Gasteiger partial charge is 0.252 e. The van der Waals surface area contributed by atoms with Gasteiger partial charge in [0.15, 0.2) is 0 Å². The Balaban J connectivity index is 1.50. The Bertz CT molecular complexity index is 678. The highest BCUT2D eigenvalue weighted by Crippen LogP contribution is 2.20. The van der Waals surface area contributed by atoms with Crippen molar-refractivity contribution in [3.05, 3.63) is 64.1 Å². The lowest BCUT2D eigenvalue weighted by Crippen LogP contribution is -2.29. The fraction of sp³-hybridized carbons (Fsp3) is 0.350. The van der Waals surface area contributed by atoms with E-state index in [1.165, 1.54) is 43.6 Å². The average Bonchev–Trinajstić information content (AvgIpc) is 2.63. The van der Waals surface area contributed by atoms with Crippen LogP contribution in [-0.4, -0.2) is 25.5 Å². The zero-order chi connectivity index (χ0) is 16.8. The number of anilines is 1. The summed E-state index contributed by atoms with van der Waals surface area (Å²) in [5, 5.41) is 2.99. The molecule has 2 aromatic rings. The normalized spacial score (nSPS) is 14.5. The molecular weight excluding hydrogens is 364 g/mol. The number of nitrogens with one attached hydrogen (secondary N) is 1. The third kappa shape index (κ3) is 4.38. The minimum Gasteiger partial charge on any atom is -0.372 e. The van der Waals surface area contributed by atoms with Gasteiger partial charge in [-0.05, 0) is 71.4 Å². The van der Waals surface area contributed by atoms with Gasteiger partial charge in [0.05, 0.1) is 5.56 Å². The van der Waals surface area contributed by atoms with Gasteiger partial charge in [-0.25, -0.2) is 0 Å². The van der Waals surface area contributed by atoms with Crippen LogP contribution >= 0.6 is 15.9 Å². The summed E-state index contributed by atoms with van der Waals surface area (Å²) in [5.41, 5.74) is 3.25. The summed E-state index contributed by atoms with van der Waals surface area (Å²) in [5.74, 6) is -0.0348. The molecule has 1 fully saturated rings. The molecule has 0 radical (unpaired) electrons. The minimum atomic E-state index is -0.0348. The highest BCUT2D eigenvalue weighted by atomic mass is 79.9. The summed E-state index contributed by atoms with van der Waals surface area (Å²) in [4.78, 5) is 14.6. The van der Waals surface area contributed by atoms with Gasteiger partial charge in [0.2, 0.25) is 0 Å². The Hall–Kier alpha value is -1.81. The van der Waals surface area contributed by atoms with Gasteiger partial charge in [0, 0.05) is 29.8 Å². The predicted molar refractivity (Wildman–Crippen MR) is 103 cm³/mol. The van der Waals surface area contributed by atoms with Crippen molar-refractivity contribution in [1.82, 2.24) is 5.32 Å². The quantitative estimate of drug-likeness (QED) is 0.824. The molecule has 3 nitrogen and oxygen atoms in total. The predicted octanol–water partition coefficient (Wildman–Crippen LogP) is 4.41. The van der Waals surface area contributed by atoms with E-state index in [1.807, 2.05) is 24.3 Å². The maximum atomic E-state index is 12.2. The summed E-state index contributed by atoms with van der Waals surface area (Å²) < 4.78 is 0.827. The second-order valence-corrected chi connectivity index (χ2v) is 7.05. The Labute approximate surface area is 152 Å². The SMILES string of the molecule is O=C(NCCc1ccc(N2CCCCC2)cc1)c1ccccc1Br. The molecule has 4 heteroatoms. The van der Waals surface area contributed by atoms with Gasteiger partial charge in [-0.15, -0.1) is 0 Å². The lowest BCUT2D eigenvalue weighted by atomic mass is 10.1. The topological polar surface area (TPSA) is 32.3 Å². The van der Waals surface area contributed by atoms with Gasteiger partial charge in [-0.1, -0.05) is 24.3 Å². The van der Waals surface area contributed by atoms with Crippen LogP contribution in [0.1, 0.15) is 35.2 Å². The first-order valence-corrected chi connectivity index (χ1v) is 9.40. The van der Waals surface area contributed by atoms with Crippen LogP contribution in [0.15, 0.2) is 53.0 Å². The van der Waals surface area contributed by atoms with Crippen molar-refractivity contribution in [2.45, 2.75) is 25.7 Å². The van der Waals surface area contributed by atoms with E-state index in [-0.39, 0.29) is 5.91 Å². The number of hydrogen-bond acceptors (Lipinski definition) is 2. The van der Waals surface area contributed by atoms with Crippen molar-refractivity contribution < 1.29 is 4.79 Å². The summed E-state index contributed by atoms with van der Waals surface area (Å²) in [6.45, 7) is 2.98. The van der Waals surface area contributed by atoms with E-state index < -0.39 is 0 Å². The second-order valence-electron chi connectivity index (χ2n) is 6.20. The third-order valence-corrected chi connectivity index (χ3v) is 5.17. The zero-order valence-corrected chi connectivity index (χ0v) is 15.4. The van der Waals surface area contributed by atoms with Crippen LogP contribution < -0.4 is 10.2 Å². The van der Waals surface area contributed by atoms with E-state index >= 15 is 0 Å². The zero-order valence-electron chi connectivity index (χ0n) is 13.8. The molecule has 0 atom stereocenters. The molecule has 0 bridgehead atoms. The first kappa shape index (κ1) is 17.0. The molecule has 1 aliphatic heterocycles. The van der Waals surface area contributed by atoms with Crippen molar-refractivity contribution in [2.24, 2.45) is 0 Å². The van der Waals surface area contributed by atoms with E-state index in [1.54, 1.807) is 0 Å². The maximum absolute atomic E-state index is 12.2. The van der Waals surface area contributed by atoms with Crippen LogP contribution in [0.25, 0.3) is 0 Å². The standard InChI is InChI=1S/C20H23BrN2O/c21-19-7-3-2-6-18(19)20(24)22-13-12-16-8-10-17(11-9-16)23-14-4-1-5-15-23/h2-3,6-11H,1,4-5,12-15H2,(H,22,24). The van der Waals surface area contributed by atoms with Gasteiger partial charge in [-0.2, -0.15) is 0 Å². The van der Waals surface area contributed by atoms with E-state index in [0.29, 0.717) is 12.1 Å². The number of halogens is 1. The second kappa shape index (κ2) is 8.34. The fourth-order valence-corrected chi connectivity index (χ4v) is 3.55. The first-order chi connectivity index (χ1) is 11.7. The van der Waals surface area contributed by atoms with Crippen LogP contribution in [0.4, 0.5) is 5.69 Å². The van der Waals surface area contributed by atoms with Gasteiger partial charge in [-0.3, -0.25) is 4.79 Å². The largest absolute Gasteiger partial charge is 0.372 e. The Morgan fingerprint density at radius 1 is 1.00 bits per heavy atom. The van der Waals surface area contributed by atoms with E-state index in [2.05, 4.69) is 50.4 Å². The fourth-order valence-electron chi connectivity index (χ4n) is 3.09. The van der Waals surface area contributed by atoms with Gasteiger partial charge >= 0.3 is 0 Å². The first-order valence-electron chi connectivity index (χ1n) is 8.60. The van der Waals surface area contributed by atoms with Crippen molar-refractivity contribution in [2.75, 3.05) is 24.5 Å². The van der Waals surface area contributed by atoms with Crippen molar-refractivity contribution in [3.8, 4) is 0 Å². The van der Waals surface area contributed by atoms with Gasteiger partial charge in [0.25, 0.3) is 5.91 Å². The number of benzene rings is 2. The number of amides is 1. The number of hydrogen-bond donors (Lipinski definition) is 1.